The van der Waals surface area contributed by atoms with Gasteiger partial charge in [0.15, 0.2) is 11.8 Å². The van der Waals surface area contributed by atoms with Gasteiger partial charge in [0, 0.05) is 17.7 Å². The van der Waals surface area contributed by atoms with Crippen molar-refractivity contribution in [3.8, 4) is 0 Å². The zero-order chi connectivity index (χ0) is 32.9. The van der Waals surface area contributed by atoms with Crippen LogP contribution < -0.4 is 5.32 Å². The van der Waals surface area contributed by atoms with Gasteiger partial charge in [-0.1, -0.05) is 71.9 Å². The molecular weight excluding hydrogens is 629 g/mol. The largest absolute Gasteiger partial charge is 0.457 e. The number of thioether (sulfide) groups is 1. The zero-order valence-corrected chi connectivity index (χ0v) is 27.2. The summed E-state index contributed by atoms with van der Waals surface area (Å²) in [4.78, 5) is 63.3. The van der Waals surface area contributed by atoms with Gasteiger partial charge >= 0.3 is 11.9 Å². The molecule has 46 heavy (non-hydrogen) atoms. The number of β-lactam (4-membered cyclic amide) rings is 1. The second kappa shape index (κ2) is 13.9. The Balaban J connectivity index is 1.25. The lowest BCUT2D eigenvalue weighted by Gasteiger charge is -2.53. The van der Waals surface area contributed by atoms with Gasteiger partial charge in [0.2, 0.25) is 12.5 Å². The zero-order valence-electron chi connectivity index (χ0n) is 25.6. The molecule has 2 aliphatic heterocycles. The number of oxime groups is 1. The minimum Gasteiger partial charge on any atom is -0.457 e. The number of carbonyl (C=O) groups excluding carboxylic acids is 4. The molecule has 5 rings (SSSR count). The van der Waals surface area contributed by atoms with E-state index in [0.717, 1.165) is 11.1 Å². The van der Waals surface area contributed by atoms with E-state index >= 15 is 0 Å². The highest BCUT2D eigenvalue weighted by Crippen LogP contribution is 2.44. The maximum Gasteiger partial charge on any atom is 0.347 e. The first-order chi connectivity index (χ1) is 22.0. The van der Waals surface area contributed by atoms with Crippen LogP contribution in [0.4, 0.5) is 0 Å². The Morgan fingerprint density at radius 1 is 1.13 bits per heavy atom. The van der Waals surface area contributed by atoms with Crippen LogP contribution in [-0.2, 0) is 33.5 Å². The quantitative estimate of drug-likeness (QED) is 0.106. The number of nitrogens with zero attached hydrogens (tertiary/aromatic N) is 3. The molecule has 3 aromatic rings. The van der Waals surface area contributed by atoms with Crippen LogP contribution in [0.1, 0.15) is 43.7 Å². The molecule has 1 aromatic heterocycles. The molecule has 0 aliphatic carbocycles. The second-order valence-corrected chi connectivity index (χ2v) is 13.6. The van der Waals surface area contributed by atoms with Crippen LogP contribution in [0, 0.1) is 5.41 Å². The topological polar surface area (TPSA) is 136 Å². The first-order valence-corrected chi connectivity index (χ1v) is 16.5. The van der Waals surface area contributed by atoms with Crippen molar-refractivity contribution in [2.75, 3.05) is 18.9 Å². The monoisotopic (exact) mass is 662 g/mol. The highest BCUT2D eigenvalue weighted by Gasteiger charge is 2.57. The Bertz CT molecular complexity index is 1570. The summed E-state index contributed by atoms with van der Waals surface area (Å²) in [6.07, 6.45) is 0.898. The molecule has 13 heteroatoms. The number of amides is 2. The van der Waals surface area contributed by atoms with Crippen molar-refractivity contribution in [1.29, 1.82) is 0 Å². The molecule has 3 heterocycles. The van der Waals surface area contributed by atoms with Crippen LogP contribution in [0.2, 0.25) is 0 Å². The fraction of sp³-hybridized carbons (Fsp3) is 0.333. The van der Waals surface area contributed by atoms with Crippen molar-refractivity contribution >= 4 is 52.6 Å². The van der Waals surface area contributed by atoms with Crippen LogP contribution >= 0.6 is 23.1 Å². The van der Waals surface area contributed by atoms with Gasteiger partial charge in [-0.3, -0.25) is 14.4 Å². The fourth-order valence-corrected chi connectivity index (χ4v) is 7.06. The van der Waals surface area contributed by atoms with E-state index in [-0.39, 0.29) is 23.9 Å². The third-order valence-electron chi connectivity index (χ3n) is 7.27. The molecule has 2 amide bonds. The van der Waals surface area contributed by atoms with Gasteiger partial charge in [-0.2, -0.15) is 0 Å². The molecule has 0 bridgehead atoms. The number of hydrogen-bond donors (Lipinski definition) is 1. The number of esters is 2. The Hall–Kier alpha value is -4.49. The lowest BCUT2D eigenvalue weighted by molar-refractivity contribution is -0.162. The van der Waals surface area contributed by atoms with E-state index < -0.39 is 53.0 Å². The van der Waals surface area contributed by atoms with Gasteiger partial charge in [0.25, 0.3) is 5.91 Å². The average molecular weight is 663 g/mol. The van der Waals surface area contributed by atoms with Gasteiger partial charge < -0.3 is 24.5 Å². The normalized spacial score (nSPS) is 21.1. The smallest absolute Gasteiger partial charge is 0.347 e. The lowest BCUT2D eigenvalue weighted by atomic mass is 9.87. The average Bonchev–Trinajstić information content (AvgIpc) is 3.58. The van der Waals surface area contributed by atoms with Crippen LogP contribution in [0.15, 0.2) is 89.4 Å². The van der Waals surface area contributed by atoms with E-state index in [1.807, 2.05) is 60.7 Å². The lowest BCUT2D eigenvalue weighted by Crippen LogP contribution is -2.73. The minimum absolute atomic E-state index is 0.0561. The summed E-state index contributed by atoms with van der Waals surface area (Å²) >= 11 is 2.60. The Morgan fingerprint density at radius 2 is 1.78 bits per heavy atom. The predicted molar refractivity (Wildman–Crippen MR) is 174 cm³/mol. The van der Waals surface area contributed by atoms with Gasteiger partial charge in [0.05, 0.1) is 5.51 Å². The molecule has 0 spiro atoms. The summed E-state index contributed by atoms with van der Waals surface area (Å²) in [5.41, 5.74) is 1.33. The molecule has 2 aliphatic rings. The number of carbonyl (C=O) groups is 4. The van der Waals surface area contributed by atoms with Crippen LogP contribution in [-0.4, -0.2) is 75.3 Å². The van der Waals surface area contributed by atoms with Crippen LogP contribution in [0.25, 0.3) is 0 Å². The molecule has 0 saturated carbocycles. The summed E-state index contributed by atoms with van der Waals surface area (Å²) in [5, 5.41) is 7.76. The van der Waals surface area contributed by atoms with E-state index in [4.69, 9.17) is 14.3 Å². The molecule has 240 valence electrons. The highest BCUT2D eigenvalue weighted by atomic mass is 32.2. The fourth-order valence-electron chi connectivity index (χ4n) is 5.00. The SMILES string of the molecule is C=CC1(C(=O)OC(c2ccccc2)c2ccccc2)CS[C@@H]2C(NC(=O)C(=NOCC(=O)OC(C)(C)C)c3cscn3)C(=O)N2C1. The van der Waals surface area contributed by atoms with E-state index in [1.54, 1.807) is 37.1 Å². The number of aromatic nitrogens is 1. The summed E-state index contributed by atoms with van der Waals surface area (Å²) in [7, 11) is 0. The number of hydrogen-bond acceptors (Lipinski definition) is 11. The van der Waals surface area contributed by atoms with E-state index in [2.05, 4.69) is 22.0 Å². The van der Waals surface area contributed by atoms with Gasteiger partial charge in [-0.05, 0) is 31.9 Å². The number of rotatable bonds is 11. The van der Waals surface area contributed by atoms with Crippen LogP contribution in [0.3, 0.4) is 0 Å². The van der Waals surface area contributed by atoms with Crippen molar-refractivity contribution in [3.63, 3.8) is 0 Å². The van der Waals surface area contributed by atoms with Crippen molar-refractivity contribution in [1.82, 2.24) is 15.2 Å². The minimum atomic E-state index is -1.16. The van der Waals surface area contributed by atoms with E-state index in [0.29, 0.717) is 5.75 Å². The molecule has 2 aromatic carbocycles. The second-order valence-electron chi connectivity index (χ2n) is 11.8. The molecule has 2 unspecified atom stereocenters. The summed E-state index contributed by atoms with van der Waals surface area (Å²) in [6, 6.07) is 18.0. The van der Waals surface area contributed by atoms with Crippen LogP contribution in [0.5, 0.6) is 0 Å². The summed E-state index contributed by atoms with van der Waals surface area (Å²) in [5.74, 6) is -1.91. The Labute approximate surface area is 275 Å². The van der Waals surface area contributed by atoms with E-state index in [9.17, 15) is 19.2 Å². The van der Waals surface area contributed by atoms with Crippen molar-refractivity contribution < 1.29 is 33.5 Å². The predicted octanol–water partition coefficient (Wildman–Crippen LogP) is 4.11. The molecule has 2 saturated heterocycles. The standard InChI is InChI=1S/C33H34N4O7S2/c1-5-33(31(41)43-27(21-12-8-6-9-13-21)22-14-10-7-11-15-22)18-37-29(40)26(30(37)46-19-33)35-28(39)25(23-17-45-20-34-23)36-42-16-24(38)44-32(2,3)4/h5-15,17,20,26-27,30H,1,16,18-19H2,2-4H3,(H,35,39)/t26?,30-,33?/m1/s1. The van der Waals surface area contributed by atoms with Crippen molar-refractivity contribution in [2.24, 2.45) is 10.6 Å². The molecule has 2 fully saturated rings. The molecule has 1 N–H and O–H groups in total. The van der Waals surface area contributed by atoms with Crippen molar-refractivity contribution in [3.05, 3.63) is 101 Å². The molecule has 0 radical (unpaired) electrons. The number of nitrogens with one attached hydrogen (secondary N) is 1. The maximum atomic E-state index is 13.8. The Morgan fingerprint density at radius 3 is 2.35 bits per heavy atom. The Kier molecular flexibility index (Phi) is 9.92. The maximum absolute atomic E-state index is 13.8. The number of ether oxygens (including phenoxy) is 2. The third kappa shape index (κ3) is 7.31. The molecular formula is C33H34N4O7S2. The number of benzene rings is 2. The van der Waals surface area contributed by atoms with Gasteiger partial charge in [-0.25, -0.2) is 9.78 Å². The molecule has 3 atom stereocenters. The number of fused-ring (bicyclic) bond motifs is 1. The highest BCUT2D eigenvalue weighted by molar-refractivity contribution is 8.00. The summed E-state index contributed by atoms with van der Waals surface area (Å²) < 4.78 is 11.3. The van der Waals surface area contributed by atoms with Gasteiger partial charge in [-0.15, -0.1) is 29.7 Å². The van der Waals surface area contributed by atoms with Crippen molar-refractivity contribution in [2.45, 2.75) is 43.9 Å². The molecule has 11 nitrogen and oxygen atoms in total. The third-order valence-corrected chi connectivity index (χ3v) is 9.40. The summed E-state index contributed by atoms with van der Waals surface area (Å²) in [6.45, 7) is 8.64. The van der Waals surface area contributed by atoms with E-state index in [1.165, 1.54) is 28.6 Å². The number of thiazole rings is 1. The first kappa shape index (κ1) is 32.9. The van der Waals surface area contributed by atoms with Gasteiger partial charge in [0.1, 0.15) is 28.1 Å². The first-order valence-electron chi connectivity index (χ1n) is 14.5.